The van der Waals surface area contributed by atoms with Crippen LogP contribution in [0, 0.1) is 6.92 Å². The highest BCUT2D eigenvalue weighted by molar-refractivity contribution is 7.99. The molecule has 4 heterocycles. The molecule has 6 heteroatoms. The summed E-state index contributed by atoms with van der Waals surface area (Å²) in [5.74, 6) is -0.127. The van der Waals surface area contributed by atoms with E-state index in [0.717, 1.165) is 60.0 Å². The van der Waals surface area contributed by atoms with Gasteiger partial charge in [0.15, 0.2) is 5.43 Å². The molecule has 0 bridgehead atoms. The molecular weight excluding hydrogens is 406 g/mol. The van der Waals surface area contributed by atoms with E-state index >= 15 is 0 Å². The highest BCUT2D eigenvalue weighted by atomic mass is 32.2. The number of pyridine rings is 2. The van der Waals surface area contributed by atoms with Crippen molar-refractivity contribution in [1.82, 2.24) is 14.5 Å². The van der Waals surface area contributed by atoms with Crippen molar-refractivity contribution in [2.24, 2.45) is 0 Å². The van der Waals surface area contributed by atoms with E-state index in [1.165, 1.54) is 0 Å². The molecule has 1 atom stereocenters. The topological polar surface area (TPSA) is 55.2 Å². The first-order chi connectivity index (χ1) is 15.1. The van der Waals surface area contributed by atoms with Crippen LogP contribution in [0.25, 0.3) is 5.69 Å². The summed E-state index contributed by atoms with van der Waals surface area (Å²) in [5.41, 5.74) is 3.78. The lowest BCUT2D eigenvalue weighted by Gasteiger charge is -2.28. The van der Waals surface area contributed by atoms with Crippen LogP contribution in [-0.4, -0.2) is 33.4 Å². The zero-order chi connectivity index (χ0) is 21.4. The molecule has 1 amide bonds. The number of carbonyl (C=O) groups is 1. The van der Waals surface area contributed by atoms with Crippen LogP contribution in [0.2, 0.25) is 0 Å². The summed E-state index contributed by atoms with van der Waals surface area (Å²) in [6.45, 7) is 3.39. The molecule has 0 unspecified atom stereocenters. The number of rotatable bonds is 2. The number of aryl methyl sites for hydroxylation is 1. The van der Waals surface area contributed by atoms with Crippen molar-refractivity contribution < 1.29 is 4.79 Å². The van der Waals surface area contributed by atoms with Crippen LogP contribution in [0.4, 0.5) is 0 Å². The van der Waals surface area contributed by atoms with E-state index in [-0.39, 0.29) is 16.6 Å². The van der Waals surface area contributed by atoms with Crippen LogP contribution in [0.5, 0.6) is 0 Å². The number of nitrogens with zero attached hydrogens (tertiary/aromatic N) is 3. The lowest BCUT2D eigenvalue weighted by molar-refractivity contribution is 0.0721. The van der Waals surface area contributed by atoms with Gasteiger partial charge in [0.1, 0.15) is 5.56 Å². The molecule has 2 aliphatic rings. The predicted octanol–water partition coefficient (Wildman–Crippen LogP) is 4.56. The Morgan fingerprint density at radius 2 is 1.84 bits per heavy atom. The number of fused-ring (bicyclic) bond motifs is 3. The molecule has 1 fully saturated rings. The quantitative estimate of drug-likeness (QED) is 0.597. The number of likely N-dealkylation sites (tertiary alicyclic amines) is 1. The lowest BCUT2D eigenvalue weighted by atomic mass is 10.0. The molecule has 1 aromatic carbocycles. The van der Waals surface area contributed by atoms with Crippen LogP contribution in [0.15, 0.2) is 64.4 Å². The zero-order valence-corrected chi connectivity index (χ0v) is 18.4. The zero-order valence-electron chi connectivity index (χ0n) is 17.6. The standard InChI is InChI=1S/C25H25N3O2S/c1-17-15-21(29)24(25(30)27-13-7-2-8-14-27)20-16-23(18-9-5-6-12-26-18)31-22-11-4-3-10-19(22)28(17)20/h3-6,9-12,15,23H,2,7-8,13-14,16H2,1H3/t23-/m1/s1. The Bertz CT molecular complexity index is 1180. The van der Waals surface area contributed by atoms with Gasteiger partial charge < -0.3 is 9.47 Å². The van der Waals surface area contributed by atoms with Gasteiger partial charge >= 0.3 is 0 Å². The van der Waals surface area contributed by atoms with Crippen molar-refractivity contribution in [2.45, 2.75) is 42.8 Å². The molecule has 0 radical (unpaired) electrons. The maximum absolute atomic E-state index is 13.6. The summed E-state index contributed by atoms with van der Waals surface area (Å²) in [5, 5.41) is 0.0187. The monoisotopic (exact) mass is 431 g/mol. The van der Waals surface area contributed by atoms with E-state index in [4.69, 9.17) is 0 Å². The molecule has 5 rings (SSSR count). The van der Waals surface area contributed by atoms with Crippen molar-refractivity contribution in [1.29, 1.82) is 0 Å². The number of amides is 1. The number of carbonyl (C=O) groups excluding carboxylic acids is 1. The SMILES string of the molecule is Cc1cc(=O)c(C(=O)N2CCCCC2)c2n1-c1ccccc1S[C@@H](c1ccccn1)C2. The molecular formula is C25H25N3O2S. The van der Waals surface area contributed by atoms with Gasteiger partial charge in [-0.3, -0.25) is 14.6 Å². The maximum atomic E-state index is 13.6. The molecule has 0 saturated carbocycles. The van der Waals surface area contributed by atoms with E-state index in [1.807, 2.05) is 42.2 Å². The van der Waals surface area contributed by atoms with E-state index in [9.17, 15) is 9.59 Å². The van der Waals surface area contributed by atoms with Gasteiger partial charge in [-0.2, -0.15) is 0 Å². The summed E-state index contributed by atoms with van der Waals surface area (Å²) >= 11 is 1.75. The van der Waals surface area contributed by atoms with Gasteiger partial charge in [0.25, 0.3) is 5.91 Å². The maximum Gasteiger partial charge on any atom is 0.259 e. The molecule has 0 spiro atoms. The third kappa shape index (κ3) is 3.69. The summed E-state index contributed by atoms with van der Waals surface area (Å²) in [6, 6.07) is 15.8. The largest absolute Gasteiger partial charge is 0.338 e. The first kappa shape index (κ1) is 20.1. The van der Waals surface area contributed by atoms with Crippen LogP contribution >= 0.6 is 11.8 Å². The van der Waals surface area contributed by atoms with Gasteiger partial charge in [0.05, 0.1) is 16.6 Å². The fourth-order valence-electron chi connectivity index (χ4n) is 4.65. The molecule has 0 aliphatic carbocycles. The van der Waals surface area contributed by atoms with Gasteiger partial charge in [-0.15, -0.1) is 11.8 Å². The third-order valence-corrected chi connectivity index (χ3v) is 7.42. The lowest BCUT2D eigenvalue weighted by Crippen LogP contribution is -2.39. The van der Waals surface area contributed by atoms with Crippen molar-refractivity contribution in [2.75, 3.05) is 13.1 Å². The molecule has 158 valence electrons. The Hall–Kier alpha value is -2.86. The number of hydrogen-bond donors (Lipinski definition) is 0. The Labute approximate surface area is 186 Å². The minimum Gasteiger partial charge on any atom is -0.338 e. The van der Waals surface area contributed by atoms with Gasteiger partial charge in [0, 0.05) is 48.1 Å². The van der Waals surface area contributed by atoms with E-state index < -0.39 is 0 Å². The minimum atomic E-state index is -0.177. The van der Waals surface area contributed by atoms with Gasteiger partial charge in [-0.1, -0.05) is 18.2 Å². The Kier molecular flexibility index (Phi) is 5.40. The van der Waals surface area contributed by atoms with Crippen molar-refractivity contribution in [3.8, 4) is 5.69 Å². The fourth-order valence-corrected chi connectivity index (χ4v) is 5.89. The highest BCUT2D eigenvalue weighted by Crippen LogP contribution is 2.43. The number of hydrogen-bond acceptors (Lipinski definition) is 4. The molecule has 2 aromatic heterocycles. The second kappa shape index (κ2) is 8.35. The average molecular weight is 432 g/mol. The second-order valence-electron chi connectivity index (χ2n) is 8.19. The van der Waals surface area contributed by atoms with Crippen LogP contribution in [0.1, 0.15) is 52.0 Å². The van der Waals surface area contributed by atoms with Gasteiger partial charge in [0.2, 0.25) is 0 Å². The molecule has 31 heavy (non-hydrogen) atoms. The first-order valence-electron chi connectivity index (χ1n) is 10.9. The number of thioether (sulfide) groups is 1. The highest BCUT2D eigenvalue weighted by Gasteiger charge is 2.31. The van der Waals surface area contributed by atoms with Crippen LogP contribution in [-0.2, 0) is 6.42 Å². The predicted molar refractivity (Wildman–Crippen MR) is 123 cm³/mol. The van der Waals surface area contributed by atoms with Crippen LogP contribution < -0.4 is 5.43 Å². The van der Waals surface area contributed by atoms with Crippen LogP contribution in [0.3, 0.4) is 0 Å². The molecule has 2 aliphatic heterocycles. The molecule has 5 nitrogen and oxygen atoms in total. The normalized spacial score (nSPS) is 18.1. The summed E-state index contributed by atoms with van der Waals surface area (Å²) in [6.07, 6.45) is 5.51. The number of benzene rings is 1. The van der Waals surface area contributed by atoms with Crippen molar-refractivity contribution in [3.63, 3.8) is 0 Å². The smallest absolute Gasteiger partial charge is 0.259 e. The second-order valence-corrected chi connectivity index (χ2v) is 9.44. The summed E-state index contributed by atoms with van der Waals surface area (Å²) < 4.78 is 2.11. The molecule has 0 N–H and O–H groups in total. The minimum absolute atomic E-state index is 0.0187. The van der Waals surface area contributed by atoms with E-state index in [0.29, 0.717) is 12.0 Å². The van der Waals surface area contributed by atoms with Gasteiger partial charge in [-0.05, 0) is 50.5 Å². The van der Waals surface area contributed by atoms with Gasteiger partial charge in [-0.25, -0.2) is 0 Å². The van der Waals surface area contributed by atoms with Crippen molar-refractivity contribution in [3.05, 3.63) is 87.6 Å². The molecule has 3 aromatic rings. The van der Waals surface area contributed by atoms with E-state index in [2.05, 4.69) is 21.7 Å². The Balaban J connectivity index is 1.72. The fraction of sp³-hybridized carbons (Fsp3) is 0.320. The number of para-hydroxylation sites is 1. The van der Waals surface area contributed by atoms with Crippen molar-refractivity contribution >= 4 is 17.7 Å². The Morgan fingerprint density at radius 3 is 2.61 bits per heavy atom. The Morgan fingerprint density at radius 1 is 1.06 bits per heavy atom. The summed E-state index contributed by atoms with van der Waals surface area (Å²) in [4.78, 5) is 34.3. The average Bonchev–Trinajstić information content (AvgIpc) is 2.97. The first-order valence-corrected chi connectivity index (χ1v) is 11.7. The number of aromatic nitrogens is 2. The molecule has 1 saturated heterocycles. The van der Waals surface area contributed by atoms with E-state index in [1.54, 1.807) is 24.0 Å². The number of piperidine rings is 1. The summed E-state index contributed by atoms with van der Waals surface area (Å²) in [7, 11) is 0. The third-order valence-electron chi connectivity index (χ3n) is 6.13.